The van der Waals surface area contributed by atoms with Gasteiger partial charge in [-0.15, -0.1) is 0 Å². The molecule has 2 aromatic rings. The second-order valence-corrected chi connectivity index (χ2v) is 4.46. The average Bonchev–Trinajstić information content (AvgIpc) is 2.34. The van der Waals surface area contributed by atoms with E-state index in [4.69, 9.17) is 4.74 Å². The van der Waals surface area contributed by atoms with Crippen LogP contribution in [0.25, 0.3) is 0 Å². The van der Waals surface area contributed by atoms with Gasteiger partial charge < -0.3 is 4.74 Å². The standard InChI is InChI=1S/C13H11BrFNO/c14-11-3-6-13(16-9-11)17-8-7-10-1-4-12(15)5-2-10/h1-6,9H,7-8H2. The van der Waals surface area contributed by atoms with Crippen LogP contribution in [-0.2, 0) is 6.42 Å². The molecule has 0 aliphatic heterocycles. The zero-order valence-electron chi connectivity index (χ0n) is 9.07. The molecule has 1 aromatic heterocycles. The van der Waals surface area contributed by atoms with Gasteiger partial charge in [-0.05, 0) is 39.7 Å². The van der Waals surface area contributed by atoms with Crippen molar-refractivity contribution in [3.05, 3.63) is 58.4 Å². The smallest absolute Gasteiger partial charge is 0.213 e. The second-order valence-electron chi connectivity index (χ2n) is 3.54. The van der Waals surface area contributed by atoms with Crippen LogP contribution < -0.4 is 4.74 Å². The number of ether oxygens (including phenoxy) is 1. The highest BCUT2D eigenvalue weighted by Crippen LogP contribution is 2.12. The lowest BCUT2D eigenvalue weighted by molar-refractivity contribution is 0.309. The summed E-state index contributed by atoms with van der Waals surface area (Å²) < 4.78 is 19.1. The Morgan fingerprint density at radius 1 is 1.12 bits per heavy atom. The SMILES string of the molecule is Fc1ccc(CCOc2ccc(Br)cn2)cc1. The summed E-state index contributed by atoms with van der Waals surface area (Å²) in [5.74, 6) is 0.375. The zero-order valence-corrected chi connectivity index (χ0v) is 10.7. The zero-order chi connectivity index (χ0) is 12.1. The van der Waals surface area contributed by atoms with Gasteiger partial charge in [0.05, 0.1) is 6.61 Å². The fourth-order valence-corrected chi connectivity index (χ4v) is 1.61. The summed E-state index contributed by atoms with van der Waals surface area (Å²) in [5, 5.41) is 0. The van der Waals surface area contributed by atoms with Gasteiger partial charge in [0.25, 0.3) is 0 Å². The van der Waals surface area contributed by atoms with Crippen molar-refractivity contribution in [2.45, 2.75) is 6.42 Å². The molecule has 0 unspecified atom stereocenters. The highest BCUT2D eigenvalue weighted by molar-refractivity contribution is 9.10. The van der Waals surface area contributed by atoms with E-state index < -0.39 is 0 Å². The first-order chi connectivity index (χ1) is 8.24. The van der Waals surface area contributed by atoms with Crippen molar-refractivity contribution in [3.63, 3.8) is 0 Å². The van der Waals surface area contributed by atoms with E-state index in [1.54, 1.807) is 24.4 Å². The maximum absolute atomic E-state index is 12.7. The molecule has 0 N–H and O–H groups in total. The molecular weight excluding hydrogens is 285 g/mol. The number of benzene rings is 1. The first-order valence-electron chi connectivity index (χ1n) is 5.23. The van der Waals surface area contributed by atoms with Gasteiger partial charge in [-0.25, -0.2) is 9.37 Å². The molecule has 0 fully saturated rings. The van der Waals surface area contributed by atoms with Crippen LogP contribution in [0, 0.1) is 5.82 Å². The van der Waals surface area contributed by atoms with Crippen molar-refractivity contribution in [1.82, 2.24) is 4.98 Å². The molecule has 0 aliphatic rings. The lowest BCUT2D eigenvalue weighted by Crippen LogP contribution is -2.02. The first kappa shape index (κ1) is 12.0. The highest BCUT2D eigenvalue weighted by Gasteiger charge is 1.97. The molecule has 0 saturated carbocycles. The minimum absolute atomic E-state index is 0.218. The van der Waals surface area contributed by atoms with Crippen LogP contribution in [0.1, 0.15) is 5.56 Å². The molecule has 0 saturated heterocycles. The van der Waals surface area contributed by atoms with Gasteiger partial charge in [0.1, 0.15) is 5.82 Å². The third-order valence-corrected chi connectivity index (χ3v) is 2.72. The molecule has 88 valence electrons. The third-order valence-electron chi connectivity index (χ3n) is 2.25. The van der Waals surface area contributed by atoms with E-state index >= 15 is 0 Å². The number of hydrogen-bond acceptors (Lipinski definition) is 2. The molecular formula is C13H11BrFNO. The average molecular weight is 296 g/mol. The molecule has 0 bridgehead atoms. The van der Waals surface area contributed by atoms with Gasteiger partial charge in [-0.3, -0.25) is 0 Å². The van der Waals surface area contributed by atoms with Crippen LogP contribution in [-0.4, -0.2) is 11.6 Å². The Hall–Kier alpha value is -1.42. The number of hydrogen-bond donors (Lipinski definition) is 0. The van der Waals surface area contributed by atoms with E-state index in [0.717, 1.165) is 16.5 Å². The Bertz CT molecular complexity index is 424. The van der Waals surface area contributed by atoms with E-state index in [-0.39, 0.29) is 5.82 Å². The van der Waals surface area contributed by atoms with E-state index in [9.17, 15) is 4.39 Å². The first-order valence-corrected chi connectivity index (χ1v) is 6.02. The van der Waals surface area contributed by atoms with E-state index in [1.807, 2.05) is 6.07 Å². The second kappa shape index (κ2) is 5.77. The lowest BCUT2D eigenvalue weighted by Gasteiger charge is -2.05. The quantitative estimate of drug-likeness (QED) is 0.860. The van der Waals surface area contributed by atoms with Crippen molar-refractivity contribution in [2.75, 3.05) is 6.61 Å². The molecule has 17 heavy (non-hydrogen) atoms. The predicted octanol–water partition coefficient (Wildman–Crippen LogP) is 3.60. The maximum atomic E-state index is 12.7. The molecule has 0 spiro atoms. The van der Waals surface area contributed by atoms with Crippen LogP contribution in [0.3, 0.4) is 0 Å². The minimum atomic E-state index is -0.218. The molecule has 1 aromatic carbocycles. The topological polar surface area (TPSA) is 22.1 Å². The lowest BCUT2D eigenvalue weighted by atomic mass is 10.2. The molecule has 0 amide bonds. The predicted molar refractivity (Wildman–Crippen MR) is 67.5 cm³/mol. The van der Waals surface area contributed by atoms with E-state index in [2.05, 4.69) is 20.9 Å². The van der Waals surface area contributed by atoms with Crippen molar-refractivity contribution >= 4 is 15.9 Å². The summed E-state index contributed by atoms with van der Waals surface area (Å²) in [4.78, 5) is 4.09. The van der Waals surface area contributed by atoms with Crippen LogP contribution in [0.4, 0.5) is 4.39 Å². The number of rotatable bonds is 4. The van der Waals surface area contributed by atoms with Crippen LogP contribution in [0.15, 0.2) is 47.1 Å². The van der Waals surface area contributed by atoms with Gasteiger partial charge in [-0.2, -0.15) is 0 Å². The normalized spacial score (nSPS) is 10.2. The molecule has 1 heterocycles. The number of aromatic nitrogens is 1. The molecule has 4 heteroatoms. The Labute approximate surface area is 108 Å². The summed E-state index contributed by atoms with van der Waals surface area (Å²) in [7, 11) is 0. The van der Waals surface area contributed by atoms with Crippen LogP contribution in [0.2, 0.25) is 0 Å². The number of halogens is 2. The van der Waals surface area contributed by atoms with E-state index in [0.29, 0.717) is 12.5 Å². The molecule has 0 radical (unpaired) electrons. The third kappa shape index (κ3) is 3.82. The Balaban J connectivity index is 1.83. The van der Waals surface area contributed by atoms with Crippen molar-refractivity contribution in [2.24, 2.45) is 0 Å². The minimum Gasteiger partial charge on any atom is -0.477 e. The highest BCUT2D eigenvalue weighted by atomic mass is 79.9. The van der Waals surface area contributed by atoms with Crippen molar-refractivity contribution in [3.8, 4) is 5.88 Å². The molecule has 2 rings (SSSR count). The largest absolute Gasteiger partial charge is 0.477 e. The van der Waals surface area contributed by atoms with Gasteiger partial charge in [0.15, 0.2) is 0 Å². The fraction of sp³-hybridized carbons (Fsp3) is 0.154. The van der Waals surface area contributed by atoms with Gasteiger partial charge in [0.2, 0.25) is 5.88 Å². The maximum Gasteiger partial charge on any atom is 0.213 e. The summed E-state index contributed by atoms with van der Waals surface area (Å²) in [5.41, 5.74) is 1.04. The van der Waals surface area contributed by atoms with Crippen LogP contribution >= 0.6 is 15.9 Å². The van der Waals surface area contributed by atoms with E-state index in [1.165, 1.54) is 12.1 Å². The van der Waals surface area contributed by atoms with Crippen LogP contribution in [0.5, 0.6) is 5.88 Å². The fourth-order valence-electron chi connectivity index (χ4n) is 1.37. The van der Waals surface area contributed by atoms with Crippen molar-refractivity contribution in [1.29, 1.82) is 0 Å². The Kier molecular flexibility index (Phi) is 4.09. The molecule has 0 atom stereocenters. The molecule has 0 aliphatic carbocycles. The number of pyridine rings is 1. The number of nitrogens with zero attached hydrogens (tertiary/aromatic N) is 1. The summed E-state index contributed by atoms with van der Waals surface area (Å²) >= 11 is 3.30. The Morgan fingerprint density at radius 3 is 2.53 bits per heavy atom. The van der Waals surface area contributed by atoms with Crippen molar-refractivity contribution < 1.29 is 9.13 Å². The monoisotopic (exact) mass is 295 g/mol. The Morgan fingerprint density at radius 2 is 1.88 bits per heavy atom. The molecule has 2 nitrogen and oxygen atoms in total. The van der Waals surface area contributed by atoms with Gasteiger partial charge in [0, 0.05) is 23.2 Å². The summed E-state index contributed by atoms with van der Waals surface area (Å²) in [6.07, 6.45) is 2.42. The summed E-state index contributed by atoms with van der Waals surface area (Å²) in [6.45, 7) is 0.528. The summed E-state index contributed by atoms with van der Waals surface area (Å²) in [6, 6.07) is 10.1. The van der Waals surface area contributed by atoms with Gasteiger partial charge >= 0.3 is 0 Å². The van der Waals surface area contributed by atoms with Gasteiger partial charge in [-0.1, -0.05) is 12.1 Å².